The summed E-state index contributed by atoms with van der Waals surface area (Å²) in [5.74, 6) is -0.503. The topological polar surface area (TPSA) is 49.4 Å². The molecule has 1 aromatic rings. The second-order valence-corrected chi connectivity index (χ2v) is 6.13. The average Bonchev–Trinajstić information content (AvgIpc) is 3.25. The van der Waals surface area contributed by atoms with Gasteiger partial charge in [-0.05, 0) is 51.3 Å². The van der Waals surface area contributed by atoms with Gasteiger partial charge in [0.05, 0.1) is 12.0 Å². The van der Waals surface area contributed by atoms with Crippen LogP contribution in [-0.4, -0.2) is 35.8 Å². The number of hydrogen-bond donors (Lipinski definition) is 1. The fraction of sp³-hybridized carbons (Fsp3) is 0.529. The number of carbonyl (C=O) groups is 2. The Morgan fingerprint density at radius 1 is 1.27 bits per heavy atom. The number of nitrogens with zero attached hydrogens (tertiary/aromatic N) is 1. The van der Waals surface area contributed by atoms with E-state index in [1.165, 1.54) is 12.1 Å². The van der Waals surface area contributed by atoms with Crippen molar-refractivity contribution >= 4 is 11.8 Å². The minimum atomic E-state index is -0.568. The van der Waals surface area contributed by atoms with E-state index in [0.29, 0.717) is 6.54 Å². The van der Waals surface area contributed by atoms with Crippen LogP contribution in [0.5, 0.6) is 0 Å². The molecule has 5 heteroatoms. The molecule has 1 N–H and O–H groups in total. The summed E-state index contributed by atoms with van der Waals surface area (Å²) in [6, 6.07) is 6.15. The normalized spacial score (nSPS) is 15.5. The smallest absolute Gasteiger partial charge is 0.239 e. The fourth-order valence-corrected chi connectivity index (χ4v) is 2.69. The van der Waals surface area contributed by atoms with Gasteiger partial charge in [0.1, 0.15) is 5.82 Å². The van der Waals surface area contributed by atoms with Crippen LogP contribution in [-0.2, 0) is 15.0 Å². The predicted octanol–water partition coefficient (Wildman–Crippen LogP) is 2.23. The van der Waals surface area contributed by atoms with Gasteiger partial charge in [0.15, 0.2) is 0 Å². The molecule has 1 aliphatic carbocycles. The maximum atomic E-state index is 13.1. The summed E-state index contributed by atoms with van der Waals surface area (Å²) >= 11 is 0. The molecule has 1 saturated carbocycles. The van der Waals surface area contributed by atoms with Crippen molar-refractivity contribution in [2.75, 3.05) is 13.1 Å². The molecule has 4 nitrogen and oxygen atoms in total. The molecule has 0 radical (unpaired) electrons. The number of halogens is 1. The number of nitrogens with one attached hydrogen (secondary N) is 1. The molecule has 0 saturated heterocycles. The third kappa shape index (κ3) is 3.46. The number of rotatable bonds is 6. The maximum absolute atomic E-state index is 13.1. The minimum Gasteiger partial charge on any atom is -0.352 e. The first-order chi connectivity index (χ1) is 10.4. The van der Waals surface area contributed by atoms with Crippen molar-refractivity contribution in [3.63, 3.8) is 0 Å². The molecule has 0 heterocycles. The van der Waals surface area contributed by atoms with Gasteiger partial charge >= 0.3 is 0 Å². The zero-order chi connectivity index (χ0) is 16.3. The van der Waals surface area contributed by atoms with E-state index in [0.717, 1.165) is 18.4 Å². The molecule has 0 spiro atoms. The summed E-state index contributed by atoms with van der Waals surface area (Å²) in [5, 5.41) is 2.80. The van der Waals surface area contributed by atoms with Gasteiger partial charge in [-0.3, -0.25) is 9.59 Å². The lowest BCUT2D eigenvalue weighted by molar-refractivity contribution is -0.138. The number of amides is 2. The van der Waals surface area contributed by atoms with Crippen LogP contribution in [0.3, 0.4) is 0 Å². The Bertz CT molecular complexity index is 550. The third-order valence-electron chi connectivity index (χ3n) is 4.01. The molecule has 1 aliphatic rings. The van der Waals surface area contributed by atoms with E-state index < -0.39 is 5.41 Å². The van der Waals surface area contributed by atoms with E-state index in [1.54, 1.807) is 17.0 Å². The lowest BCUT2D eigenvalue weighted by Gasteiger charge is -2.26. The Labute approximate surface area is 130 Å². The van der Waals surface area contributed by atoms with E-state index in [-0.39, 0.29) is 30.2 Å². The van der Waals surface area contributed by atoms with Crippen LogP contribution in [0.25, 0.3) is 0 Å². The minimum absolute atomic E-state index is 0.0412. The van der Waals surface area contributed by atoms with Crippen molar-refractivity contribution < 1.29 is 14.0 Å². The number of hydrogen-bond acceptors (Lipinski definition) is 2. The number of likely N-dealkylation sites (N-methyl/N-ethyl adjacent to an activating group) is 1. The average molecular weight is 306 g/mol. The molecule has 1 fully saturated rings. The molecular formula is C17H23FN2O2. The lowest BCUT2D eigenvalue weighted by atomic mass is 9.94. The summed E-state index contributed by atoms with van der Waals surface area (Å²) in [6.45, 7) is 6.18. The molecular weight excluding hydrogens is 283 g/mol. The highest BCUT2D eigenvalue weighted by molar-refractivity contribution is 5.94. The fourth-order valence-electron chi connectivity index (χ4n) is 2.69. The molecule has 0 atom stereocenters. The van der Waals surface area contributed by atoms with Crippen LogP contribution in [0, 0.1) is 5.82 Å². The molecule has 0 aliphatic heterocycles. The monoisotopic (exact) mass is 306 g/mol. The zero-order valence-electron chi connectivity index (χ0n) is 13.4. The highest BCUT2D eigenvalue weighted by atomic mass is 19.1. The van der Waals surface area contributed by atoms with Gasteiger partial charge in [-0.1, -0.05) is 12.1 Å². The van der Waals surface area contributed by atoms with Crippen LogP contribution in [0.15, 0.2) is 24.3 Å². The van der Waals surface area contributed by atoms with Crippen LogP contribution in [0.4, 0.5) is 4.39 Å². The molecule has 2 amide bonds. The summed E-state index contributed by atoms with van der Waals surface area (Å²) in [7, 11) is 0. The predicted molar refractivity (Wildman–Crippen MR) is 82.8 cm³/mol. The van der Waals surface area contributed by atoms with Crippen LogP contribution in [0.1, 0.15) is 39.2 Å². The molecule has 2 rings (SSSR count). The van der Waals surface area contributed by atoms with Gasteiger partial charge in [0.25, 0.3) is 0 Å². The Morgan fingerprint density at radius 3 is 2.32 bits per heavy atom. The van der Waals surface area contributed by atoms with Crippen molar-refractivity contribution in [2.45, 2.75) is 45.1 Å². The zero-order valence-corrected chi connectivity index (χ0v) is 13.4. The van der Waals surface area contributed by atoms with Gasteiger partial charge in [0, 0.05) is 12.6 Å². The van der Waals surface area contributed by atoms with Gasteiger partial charge in [-0.15, -0.1) is 0 Å². The van der Waals surface area contributed by atoms with E-state index in [9.17, 15) is 14.0 Å². The van der Waals surface area contributed by atoms with E-state index >= 15 is 0 Å². The molecule has 0 aromatic heterocycles. The Kier molecular flexibility index (Phi) is 4.84. The Balaban J connectivity index is 2.11. The summed E-state index contributed by atoms with van der Waals surface area (Å²) in [6.07, 6.45) is 1.50. The second kappa shape index (κ2) is 6.46. The van der Waals surface area contributed by atoms with Crippen molar-refractivity contribution in [2.24, 2.45) is 0 Å². The lowest BCUT2D eigenvalue weighted by Crippen LogP contribution is -2.46. The quantitative estimate of drug-likeness (QED) is 0.876. The Morgan fingerprint density at radius 2 is 1.86 bits per heavy atom. The molecule has 0 unspecified atom stereocenters. The standard InChI is InChI=1S/C17H23FN2O2/c1-4-20(11-15(21)19-12(2)3)16(22)17(9-10-17)13-5-7-14(18)8-6-13/h5-8,12H,4,9-11H2,1-3H3,(H,19,21). The summed E-state index contributed by atoms with van der Waals surface area (Å²) in [5.41, 5.74) is 0.267. The first-order valence-electron chi connectivity index (χ1n) is 7.74. The summed E-state index contributed by atoms with van der Waals surface area (Å²) in [4.78, 5) is 26.3. The molecule has 1 aromatic carbocycles. The second-order valence-electron chi connectivity index (χ2n) is 6.13. The number of carbonyl (C=O) groups excluding carboxylic acids is 2. The third-order valence-corrected chi connectivity index (χ3v) is 4.01. The van der Waals surface area contributed by atoms with Gasteiger partial charge in [-0.2, -0.15) is 0 Å². The largest absolute Gasteiger partial charge is 0.352 e. The van der Waals surface area contributed by atoms with Gasteiger partial charge in [-0.25, -0.2) is 4.39 Å². The van der Waals surface area contributed by atoms with E-state index in [4.69, 9.17) is 0 Å². The van der Waals surface area contributed by atoms with Crippen LogP contribution < -0.4 is 5.32 Å². The molecule has 0 bridgehead atoms. The number of benzene rings is 1. The Hall–Kier alpha value is -1.91. The first kappa shape index (κ1) is 16.5. The van der Waals surface area contributed by atoms with Crippen molar-refractivity contribution in [3.8, 4) is 0 Å². The molecule has 120 valence electrons. The first-order valence-corrected chi connectivity index (χ1v) is 7.74. The highest BCUT2D eigenvalue weighted by Crippen LogP contribution is 2.49. The van der Waals surface area contributed by atoms with Crippen LogP contribution in [0.2, 0.25) is 0 Å². The van der Waals surface area contributed by atoms with Crippen LogP contribution >= 0.6 is 0 Å². The van der Waals surface area contributed by atoms with Crippen molar-refractivity contribution in [3.05, 3.63) is 35.6 Å². The van der Waals surface area contributed by atoms with Gasteiger partial charge in [0.2, 0.25) is 11.8 Å². The van der Waals surface area contributed by atoms with Crippen molar-refractivity contribution in [1.29, 1.82) is 0 Å². The SMILES string of the molecule is CCN(CC(=O)NC(C)C)C(=O)C1(c2ccc(F)cc2)CC1. The van der Waals surface area contributed by atoms with E-state index in [2.05, 4.69) is 5.32 Å². The highest BCUT2D eigenvalue weighted by Gasteiger charge is 2.52. The summed E-state index contributed by atoms with van der Waals surface area (Å²) < 4.78 is 13.1. The van der Waals surface area contributed by atoms with Gasteiger partial charge < -0.3 is 10.2 Å². The molecule has 22 heavy (non-hydrogen) atoms. The van der Waals surface area contributed by atoms with E-state index in [1.807, 2.05) is 20.8 Å². The maximum Gasteiger partial charge on any atom is 0.239 e. The van der Waals surface area contributed by atoms with Crippen molar-refractivity contribution in [1.82, 2.24) is 10.2 Å².